The van der Waals surface area contributed by atoms with Crippen molar-refractivity contribution in [3.63, 3.8) is 0 Å². The largest absolute Gasteiger partial charge is 0.444 e. The third-order valence-electron chi connectivity index (χ3n) is 4.73. The molecule has 2 fully saturated rings. The molecule has 23 heavy (non-hydrogen) atoms. The first-order valence-corrected chi connectivity index (χ1v) is 8.53. The topological polar surface area (TPSA) is 68.8 Å². The summed E-state index contributed by atoms with van der Waals surface area (Å²) in [7, 11) is 1.73. The van der Waals surface area contributed by atoms with E-state index in [1.54, 1.807) is 7.11 Å². The van der Waals surface area contributed by atoms with Gasteiger partial charge in [-0.2, -0.15) is 0 Å². The SMILES string of the molecule is COC(C)(C)CCNC1C(NC(=O)OC(C)(C)C)C2CCOC21. The van der Waals surface area contributed by atoms with Crippen LogP contribution in [0.5, 0.6) is 0 Å². The number of carbonyl (C=O) groups excluding carboxylic acids is 1. The molecule has 1 heterocycles. The fraction of sp³-hybridized carbons (Fsp3) is 0.941. The summed E-state index contributed by atoms with van der Waals surface area (Å²) in [6.45, 7) is 11.3. The summed E-state index contributed by atoms with van der Waals surface area (Å²) in [5, 5.41) is 6.55. The fourth-order valence-corrected chi connectivity index (χ4v) is 3.23. The van der Waals surface area contributed by atoms with E-state index < -0.39 is 5.60 Å². The first-order chi connectivity index (χ1) is 10.6. The molecular weight excluding hydrogens is 296 g/mol. The van der Waals surface area contributed by atoms with Crippen molar-refractivity contribution in [3.05, 3.63) is 0 Å². The molecular formula is C17H32N2O4. The number of fused-ring (bicyclic) bond motifs is 1. The molecule has 0 aromatic carbocycles. The van der Waals surface area contributed by atoms with Crippen LogP contribution in [0.1, 0.15) is 47.5 Å². The molecule has 6 heteroatoms. The Labute approximate surface area is 139 Å². The number of ether oxygens (including phenoxy) is 3. The van der Waals surface area contributed by atoms with Gasteiger partial charge in [-0.05, 0) is 54.0 Å². The summed E-state index contributed by atoms with van der Waals surface area (Å²) < 4.78 is 16.6. The van der Waals surface area contributed by atoms with E-state index in [0.717, 1.165) is 26.0 Å². The van der Waals surface area contributed by atoms with Gasteiger partial charge >= 0.3 is 6.09 Å². The van der Waals surface area contributed by atoms with Gasteiger partial charge in [-0.25, -0.2) is 4.79 Å². The molecule has 4 unspecified atom stereocenters. The number of methoxy groups -OCH3 is 1. The lowest BCUT2D eigenvalue weighted by Crippen LogP contribution is -2.70. The zero-order valence-electron chi connectivity index (χ0n) is 15.3. The van der Waals surface area contributed by atoms with Crippen LogP contribution in [0.4, 0.5) is 4.79 Å². The minimum Gasteiger partial charge on any atom is -0.444 e. The molecule has 0 aromatic rings. The monoisotopic (exact) mass is 328 g/mol. The average Bonchev–Trinajstić information content (AvgIpc) is 2.83. The molecule has 2 aliphatic rings. The van der Waals surface area contributed by atoms with Gasteiger partial charge < -0.3 is 24.8 Å². The summed E-state index contributed by atoms with van der Waals surface area (Å²) in [6, 6.07) is 0.214. The van der Waals surface area contributed by atoms with Gasteiger partial charge in [0.15, 0.2) is 0 Å². The van der Waals surface area contributed by atoms with Crippen LogP contribution in [0.3, 0.4) is 0 Å². The van der Waals surface area contributed by atoms with Gasteiger partial charge in [-0.3, -0.25) is 0 Å². The Morgan fingerprint density at radius 3 is 2.52 bits per heavy atom. The van der Waals surface area contributed by atoms with E-state index >= 15 is 0 Å². The lowest BCUT2D eigenvalue weighted by molar-refractivity contribution is -0.0379. The van der Waals surface area contributed by atoms with Crippen LogP contribution in [-0.2, 0) is 14.2 Å². The minimum atomic E-state index is -0.481. The molecule has 0 aromatic heterocycles. The maximum atomic E-state index is 12.1. The predicted octanol–water partition coefficient (Wildman–Crippen LogP) is 2.07. The van der Waals surface area contributed by atoms with E-state index in [1.165, 1.54) is 0 Å². The molecule has 1 amide bonds. The molecule has 4 atom stereocenters. The van der Waals surface area contributed by atoms with Gasteiger partial charge in [-0.15, -0.1) is 0 Å². The summed E-state index contributed by atoms with van der Waals surface area (Å²) in [4.78, 5) is 12.1. The third kappa shape index (κ3) is 4.81. The minimum absolute atomic E-state index is 0.0722. The Balaban J connectivity index is 1.86. The van der Waals surface area contributed by atoms with Crippen molar-refractivity contribution in [2.24, 2.45) is 5.92 Å². The van der Waals surface area contributed by atoms with Crippen LogP contribution in [-0.4, -0.2) is 55.7 Å². The van der Waals surface area contributed by atoms with Gasteiger partial charge in [0, 0.05) is 19.6 Å². The van der Waals surface area contributed by atoms with Crippen molar-refractivity contribution in [1.29, 1.82) is 0 Å². The number of carbonyl (C=O) groups is 1. The quantitative estimate of drug-likeness (QED) is 0.781. The van der Waals surface area contributed by atoms with Gasteiger partial charge in [0.25, 0.3) is 0 Å². The third-order valence-corrected chi connectivity index (χ3v) is 4.73. The Morgan fingerprint density at radius 2 is 1.91 bits per heavy atom. The highest BCUT2D eigenvalue weighted by Gasteiger charge is 2.54. The molecule has 1 saturated heterocycles. The maximum absolute atomic E-state index is 12.1. The highest BCUT2D eigenvalue weighted by molar-refractivity contribution is 5.68. The second kappa shape index (κ2) is 6.95. The average molecular weight is 328 g/mol. The summed E-state index contributed by atoms with van der Waals surface area (Å²) in [5.74, 6) is 0.385. The van der Waals surface area contributed by atoms with Crippen LogP contribution in [0.2, 0.25) is 0 Å². The van der Waals surface area contributed by atoms with Gasteiger partial charge in [0.2, 0.25) is 0 Å². The standard InChI is InChI=1S/C17H32N2O4/c1-16(2,3)23-15(20)19-12-11-7-10-22-14(11)13(12)18-9-8-17(4,5)21-6/h11-14,18H,7-10H2,1-6H3,(H,19,20). The first-order valence-electron chi connectivity index (χ1n) is 8.53. The van der Waals surface area contributed by atoms with Crippen molar-refractivity contribution < 1.29 is 19.0 Å². The Morgan fingerprint density at radius 1 is 1.22 bits per heavy atom. The van der Waals surface area contributed by atoms with Crippen LogP contribution < -0.4 is 10.6 Å². The molecule has 2 N–H and O–H groups in total. The Kier molecular flexibility index (Phi) is 5.59. The van der Waals surface area contributed by atoms with Crippen molar-refractivity contribution in [2.45, 2.75) is 76.9 Å². The highest BCUT2D eigenvalue weighted by Crippen LogP contribution is 2.39. The second-order valence-electron chi connectivity index (χ2n) is 8.15. The van der Waals surface area contributed by atoms with E-state index in [0.29, 0.717) is 5.92 Å². The Hall–Kier alpha value is -0.850. The van der Waals surface area contributed by atoms with Crippen molar-refractivity contribution in [1.82, 2.24) is 10.6 Å². The van der Waals surface area contributed by atoms with Crippen LogP contribution in [0, 0.1) is 5.92 Å². The maximum Gasteiger partial charge on any atom is 0.407 e. The lowest BCUT2D eigenvalue weighted by atomic mass is 9.71. The summed E-state index contributed by atoms with van der Waals surface area (Å²) in [5.41, 5.74) is -0.633. The fourth-order valence-electron chi connectivity index (χ4n) is 3.23. The predicted molar refractivity (Wildman–Crippen MR) is 88.5 cm³/mol. The van der Waals surface area contributed by atoms with Crippen molar-refractivity contribution in [2.75, 3.05) is 20.3 Å². The summed E-state index contributed by atoms with van der Waals surface area (Å²) in [6.07, 6.45) is 1.74. The van der Waals surface area contributed by atoms with E-state index in [9.17, 15) is 4.79 Å². The van der Waals surface area contributed by atoms with E-state index in [2.05, 4.69) is 24.5 Å². The summed E-state index contributed by atoms with van der Waals surface area (Å²) >= 11 is 0. The molecule has 6 nitrogen and oxygen atoms in total. The molecule has 2 rings (SSSR count). The van der Waals surface area contributed by atoms with Gasteiger partial charge in [0.1, 0.15) is 5.60 Å². The number of nitrogens with one attached hydrogen (secondary N) is 2. The van der Waals surface area contributed by atoms with Crippen molar-refractivity contribution in [3.8, 4) is 0 Å². The smallest absolute Gasteiger partial charge is 0.407 e. The van der Waals surface area contributed by atoms with E-state index in [-0.39, 0.29) is 29.9 Å². The number of hydrogen-bond acceptors (Lipinski definition) is 5. The molecule has 1 saturated carbocycles. The molecule has 1 aliphatic heterocycles. The second-order valence-corrected chi connectivity index (χ2v) is 8.15. The zero-order valence-corrected chi connectivity index (χ0v) is 15.3. The van der Waals surface area contributed by atoms with Crippen LogP contribution in [0.25, 0.3) is 0 Å². The van der Waals surface area contributed by atoms with Crippen LogP contribution >= 0.6 is 0 Å². The Bertz CT molecular complexity index is 419. The number of hydrogen-bond donors (Lipinski definition) is 2. The highest BCUT2D eigenvalue weighted by atomic mass is 16.6. The molecule has 0 radical (unpaired) electrons. The number of rotatable bonds is 6. The zero-order chi connectivity index (χ0) is 17.3. The van der Waals surface area contributed by atoms with Gasteiger partial charge in [0.05, 0.1) is 23.8 Å². The molecule has 134 valence electrons. The van der Waals surface area contributed by atoms with Crippen molar-refractivity contribution >= 4 is 6.09 Å². The molecule has 1 aliphatic carbocycles. The first kappa shape index (κ1) is 18.5. The number of alkyl carbamates (subject to hydrolysis) is 1. The molecule has 0 bridgehead atoms. The van der Waals surface area contributed by atoms with Crippen LogP contribution in [0.15, 0.2) is 0 Å². The lowest BCUT2D eigenvalue weighted by Gasteiger charge is -2.48. The van der Waals surface area contributed by atoms with E-state index in [1.807, 2.05) is 20.8 Å². The molecule has 0 spiro atoms. The number of amides is 1. The van der Waals surface area contributed by atoms with E-state index in [4.69, 9.17) is 14.2 Å². The van der Waals surface area contributed by atoms with Gasteiger partial charge in [-0.1, -0.05) is 0 Å². The normalized spacial score (nSPS) is 30.5.